The van der Waals surface area contributed by atoms with E-state index in [9.17, 15) is 0 Å². The number of aromatic nitrogens is 1. The second-order valence-corrected chi connectivity index (χ2v) is 4.41. The van der Waals surface area contributed by atoms with Crippen LogP contribution in [0.1, 0.15) is 19.5 Å². The highest BCUT2D eigenvalue weighted by molar-refractivity contribution is 5.51. The smallest absolute Gasteiger partial charge is 0.0630 e. The normalized spacial score (nSPS) is 16.6. The zero-order valence-electron chi connectivity index (χ0n) is 9.40. The van der Waals surface area contributed by atoms with Crippen LogP contribution < -0.4 is 0 Å². The molecule has 0 bridgehead atoms. The average Bonchev–Trinajstić information content (AvgIpc) is 2.15. The molecular weight excluding hydrogens is 184 g/mol. The summed E-state index contributed by atoms with van der Waals surface area (Å²) < 4.78 is 0. The van der Waals surface area contributed by atoms with E-state index in [0.29, 0.717) is 0 Å². The van der Waals surface area contributed by atoms with Crippen LogP contribution in [0.5, 0.6) is 0 Å². The minimum absolute atomic E-state index is 1.07. The SMILES string of the molecule is C[C](C)CN1CC(=Cc2ccccn2)C1. The molecule has 2 heterocycles. The Morgan fingerprint density at radius 2 is 2.20 bits per heavy atom. The molecule has 0 N–H and O–H groups in total. The Labute approximate surface area is 91.6 Å². The molecule has 15 heavy (non-hydrogen) atoms. The first-order valence-corrected chi connectivity index (χ1v) is 5.36. The number of likely N-dealkylation sites (tertiary alicyclic amines) is 1. The van der Waals surface area contributed by atoms with Gasteiger partial charge in [0, 0.05) is 25.8 Å². The topological polar surface area (TPSA) is 16.1 Å². The number of hydrogen-bond acceptors (Lipinski definition) is 2. The van der Waals surface area contributed by atoms with Crippen molar-refractivity contribution in [3.05, 3.63) is 41.6 Å². The number of nitrogens with zero attached hydrogens (tertiary/aromatic N) is 2. The molecule has 0 unspecified atom stereocenters. The van der Waals surface area contributed by atoms with Crippen LogP contribution in [0.3, 0.4) is 0 Å². The average molecular weight is 201 g/mol. The molecule has 2 rings (SSSR count). The second kappa shape index (κ2) is 4.58. The highest BCUT2D eigenvalue weighted by atomic mass is 15.2. The lowest BCUT2D eigenvalue weighted by molar-refractivity contribution is 0.262. The van der Waals surface area contributed by atoms with Gasteiger partial charge in [0.25, 0.3) is 0 Å². The van der Waals surface area contributed by atoms with E-state index in [1.165, 1.54) is 11.5 Å². The van der Waals surface area contributed by atoms with E-state index in [2.05, 4.69) is 29.8 Å². The van der Waals surface area contributed by atoms with E-state index < -0.39 is 0 Å². The summed E-state index contributed by atoms with van der Waals surface area (Å²) in [7, 11) is 0. The van der Waals surface area contributed by atoms with Crippen LogP contribution in [0.15, 0.2) is 30.0 Å². The molecule has 0 aliphatic carbocycles. The lowest BCUT2D eigenvalue weighted by atomic mass is 10.0. The van der Waals surface area contributed by atoms with Crippen LogP contribution in [0.2, 0.25) is 0 Å². The minimum atomic E-state index is 1.07. The van der Waals surface area contributed by atoms with Gasteiger partial charge in [-0.25, -0.2) is 0 Å². The van der Waals surface area contributed by atoms with Crippen molar-refractivity contribution in [2.45, 2.75) is 13.8 Å². The Morgan fingerprint density at radius 1 is 1.40 bits per heavy atom. The van der Waals surface area contributed by atoms with Crippen molar-refractivity contribution in [1.82, 2.24) is 9.88 Å². The molecule has 0 atom stereocenters. The van der Waals surface area contributed by atoms with Crippen LogP contribution in [0, 0.1) is 5.92 Å². The maximum atomic E-state index is 4.29. The molecule has 0 aromatic carbocycles. The summed E-state index contributed by atoms with van der Waals surface area (Å²) in [4.78, 5) is 6.72. The summed E-state index contributed by atoms with van der Waals surface area (Å²) in [6, 6.07) is 6.02. The lowest BCUT2D eigenvalue weighted by Crippen LogP contribution is -2.41. The predicted octanol–water partition coefficient (Wildman–Crippen LogP) is 2.39. The standard InChI is InChI=1S/C13H17N2/c1-11(2)8-15-9-12(10-15)7-13-5-3-4-6-14-13/h3-7H,8-10H2,1-2H3. The van der Waals surface area contributed by atoms with Gasteiger partial charge in [0.05, 0.1) is 5.69 Å². The van der Waals surface area contributed by atoms with Gasteiger partial charge in [-0.1, -0.05) is 19.9 Å². The van der Waals surface area contributed by atoms with Crippen LogP contribution >= 0.6 is 0 Å². The molecule has 0 spiro atoms. The molecule has 1 saturated heterocycles. The number of hydrogen-bond donors (Lipinski definition) is 0. The summed E-state index contributed by atoms with van der Waals surface area (Å²) >= 11 is 0. The van der Waals surface area contributed by atoms with Crippen LogP contribution in [0.25, 0.3) is 6.08 Å². The zero-order chi connectivity index (χ0) is 10.7. The summed E-state index contributed by atoms with van der Waals surface area (Å²) in [6.07, 6.45) is 4.04. The Hall–Kier alpha value is -1.15. The molecular formula is C13H17N2. The first-order chi connectivity index (χ1) is 7.24. The van der Waals surface area contributed by atoms with Gasteiger partial charge in [-0.3, -0.25) is 9.88 Å². The molecule has 1 aliphatic heterocycles. The highest BCUT2D eigenvalue weighted by Gasteiger charge is 2.20. The number of pyridine rings is 1. The van der Waals surface area contributed by atoms with Crippen LogP contribution in [-0.4, -0.2) is 29.5 Å². The van der Waals surface area contributed by atoms with Gasteiger partial charge in [-0.15, -0.1) is 0 Å². The summed E-state index contributed by atoms with van der Waals surface area (Å²) in [5, 5.41) is 0. The lowest BCUT2D eigenvalue weighted by Gasteiger charge is -2.35. The monoisotopic (exact) mass is 201 g/mol. The van der Waals surface area contributed by atoms with Gasteiger partial charge in [-0.05, 0) is 29.7 Å². The van der Waals surface area contributed by atoms with Crippen LogP contribution in [-0.2, 0) is 0 Å². The maximum Gasteiger partial charge on any atom is 0.0630 e. The quantitative estimate of drug-likeness (QED) is 0.746. The summed E-state index contributed by atoms with van der Waals surface area (Å²) in [5.74, 6) is 1.48. The van der Waals surface area contributed by atoms with Gasteiger partial charge >= 0.3 is 0 Å². The van der Waals surface area contributed by atoms with Crippen molar-refractivity contribution in [1.29, 1.82) is 0 Å². The zero-order valence-corrected chi connectivity index (χ0v) is 9.40. The number of rotatable bonds is 3. The van der Waals surface area contributed by atoms with E-state index in [1.807, 2.05) is 24.4 Å². The molecule has 1 aromatic heterocycles. The third-order valence-corrected chi connectivity index (χ3v) is 2.43. The van der Waals surface area contributed by atoms with E-state index in [1.54, 1.807) is 0 Å². The molecule has 1 fully saturated rings. The molecule has 2 heteroatoms. The first-order valence-electron chi connectivity index (χ1n) is 5.36. The van der Waals surface area contributed by atoms with E-state index in [-0.39, 0.29) is 0 Å². The Balaban J connectivity index is 1.87. The fraction of sp³-hybridized carbons (Fsp3) is 0.385. The first kappa shape index (κ1) is 10.4. The molecule has 1 aliphatic rings. The van der Waals surface area contributed by atoms with Gasteiger partial charge in [0.15, 0.2) is 0 Å². The molecule has 0 amide bonds. The fourth-order valence-electron chi connectivity index (χ4n) is 1.85. The third-order valence-electron chi connectivity index (χ3n) is 2.43. The summed E-state index contributed by atoms with van der Waals surface area (Å²) in [6.45, 7) is 7.68. The Kier molecular flexibility index (Phi) is 3.17. The van der Waals surface area contributed by atoms with E-state index >= 15 is 0 Å². The molecule has 1 aromatic rings. The summed E-state index contributed by atoms with van der Waals surface area (Å²) in [5.41, 5.74) is 2.55. The van der Waals surface area contributed by atoms with Gasteiger partial charge < -0.3 is 0 Å². The Morgan fingerprint density at radius 3 is 2.80 bits per heavy atom. The van der Waals surface area contributed by atoms with Gasteiger partial charge in [0.1, 0.15) is 0 Å². The van der Waals surface area contributed by atoms with Crippen molar-refractivity contribution in [3.63, 3.8) is 0 Å². The fourth-order valence-corrected chi connectivity index (χ4v) is 1.85. The van der Waals surface area contributed by atoms with E-state index in [0.717, 1.165) is 25.3 Å². The predicted molar refractivity (Wildman–Crippen MR) is 63.2 cm³/mol. The molecule has 0 saturated carbocycles. The second-order valence-electron chi connectivity index (χ2n) is 4.41. The van der Waals surface area contributed by atoms with Crippen LogP contribution in [0.4, 0.5) is 0 Å². The van der Waals surface area contributed by atoms with Gasteiger partial charge in [-0.2, -0.15) is 0 Å². The van der Waals surface area contributed by atoms with E-state index in [4.69, 9.17) is 0 Å². The molecule has 1 radical (unpaired) electrons. The van der Waals surface area contributed by atoms with Gasteiger partial charge in [0.2, 0.25) is 0 Å². The minimum Gasteiger partial charge on any atom is -0.295 e. The third kappa shape index (κ3) is 2.90. The maximum absolute atomic E-state index is 4.29. The highest BCUT2D eigenvalue weighted by Crippen LogP contribution is 2.18. The molecule has 79 valence electrons. The van der Waals surface area contributed by atoms with Crippen molar-refractivity contribution >= 4 is 6.08 Å². The van der Waals surface area contributed by atoms with Crippen molar-refractivity contribution in [2.24, 2.45) is 0 Å². The van der Waals surface area contributed by atoms with Crippen molar-refractivity contribution in [3.8, 4) is 0 Å². The Bertz CT molecular complexity index is 333. The largest absolute Gasteiger partial charge is 0.295 e. The van der Waals surface area contributed by atoms with Crippen molar-refractivity contribution in [2.75, 3.05) is 19.6 Å². The van der Waals surface area contributed by atoms with Crippen molar-refractivity contribution < 1.29 is 0 Å². The molecule has 2 nitrogen and oxygen atoms in total.